The highest BCUT2D eigenvalue weighted by atomic mass is 16.4. The van der Waals surface area contributed by atoms with Crippen LogP contribution in [-0.2, 0) is 9.59 Å². The Bertz CT molecular complexity index is 170. The summed E-state index contributed by atoms with van der Waals surface area (Å²) in [6.45, 7) is 1.41. The van der Waals surface area contributed by atoms with E-state index in [0.717, 1.165) is 0 Å². The van der Waals surface area contributed by atoms with E-state index in [1.54, 1.807) is 0 Å². The van der Waals surface area contributed by atoms with E-state index in [2.05, 4.69) is 5.32 Å². The Morgan fingerprint density at radius 1 is 1.73 bits per heavy atom. The van der Waals surface area contributed by atoms with Crippen molar-refractivity contribution in [2.75, 3.05) is 0 Å². The quantitative estimate of drug-likeness (QED) is 0.624. The maximum atomic E-state index is 10.6. The molecule has 0 rings (SSSR count). The summed E-state index contributed by atoms with van der Waals surface area (Å²) in [6, 6.07) is -0.840. The Morgan fingerprint density at radius 3 is 2.73 bits per heavy atom. The summed E-state index contributed by atoms with van der Waals surface area (Å²) in [7, 11) is 0. The molecule has 1 amide bonds. The van der Waals surface area contributed by atoms with E-state index in [1.165, 1.54) is 0 Å². The second kappa shape index (κ2) is 4.71. The first kappa shape index (κ1) is 8.04. The van der Waals surface area contributed by atoms with Gasteiger partial charge in [0.25, 0.3) is 0 Å². The van der Waals surface area contributed by atoms with Crippen LogP contribution in [0.4, 0.5) is 0 Å². The van der Waals surface area contributed by atoms with Crippen molar-refractivity contribution in [2.24, 2.45) is 0 Å². The topological polar surface area (TPSA) is 66.4 Å². The molecule has 4 heteroatoms. The van der Waals surface area contributed by atoms with Gasteiger partial charge in [0.15, 0.2) is 0 Å². The molecule has 0 aromatic rings. The van der Waals surface area contributed by atoms with Crippen LogP contribution in [0.15, 0.2) is 0 Å². The summed E-state index contributed by atoms with van der Waals surface area (Å²) in [6.07, 6.45) is 1.09. The summed E-state index contributed by atoms with van der Waals surface area (Å²) in [5.74, 6) is -1.59. The molecule has 0 aromatic heterocycles. The lowest BCUT2D eigenvalue weighted by Crippen LogP contribution is -2.39. The number of carboxylic acids is 1. The number of carbonyl (C=O) groups excluding carboxylic acids is 1. The molecule has 4 nitrogen and oxygen atoms in total. The number of hydrogen-bond acceptors (Lipinski definition) is 2. The summed E-state index contributed by atoms with van der Waals surface area (Å²) < 4.78 is 6.67. The van der Waals surface area contributed by atoms with Gasteiger partial charge in [-0.1, -0.05) is 13.3 Å². The van der Waals surface area contributed by atoms with E-state index in [0.29, 0.717) is 12.8 Å². The zero-order chi connectivity index (χ0) is 9.56. The highest BCUT2D eigenvalue weighted by molar-refractivity contribution is 5.81. The van der Waals surface area contributed by atoms with Gasteiger partial charge in [-0.2, -0.15) is 0 Å². The van der Waals surface area contributed by atoms with Gasteiger partial charge in [-0.05, 0) is 6.42 Å². The van der Waals surface area contributed by atoms with Crippen molar-refractivity contribution in [3.05, 3.63) is 0 Å². The molecule has 0 spiro atoms. The van der Waals surface area contributed by atoms with Gasteiger partial charge < -0.3 is 10.4 Å². The van der Waals surface area contributed by atoms with Crippen LogP contribution in [0, 0.1) is 0 Å². The first-order chi connectivity index (χ1) is 5.61. The fourth-order valence-corrected chi connectivity index (χ4v) is 0.740. The number of nitrogens with one attached hydrogen (secondary N) is 1. The van der Waals surface area contributed by atoms with E-state index in [4.69, 9.17) is 6.48 Å². The first-order valence-electron chi connectivity index (χ1n) is 4.14. The molecule has 0 aromatic carbocycles. The van der Waals surface area contributed by atoms with Crippen molar-refractivity contribution >= 4 is 11.9 Å². The normalized spacial score (nSPS) is 13.4. The minimum Gasteiger partial charge on any atom is -0.480 e. The third kappa shape index (κ3) is 4.36. The third-order valence-corrected chi connectivity index (χ3v) is 1.21. The van der Waals surface area contributed by atoms with E-state index >= 15 is 0 Å². The molecule has 0 aliphatic heterocycles. The summed E-state index contributed by atoms with van der Waals surface area (Å²) in [4.78, 5) is 21.1. The van der Waals surface area contributed by atoms with Crippen LogP contribution in [0.1, 0.15) is 28.0 Å². The maximum Gasteiger partial charge on any atom is 0.326 e. The molecule has 11 heavy (non-hydrogen) atoms. The second-order valence-electron chi connectivity index (χ2n) is 2.25. The third-order valence-electron chi connectivity index (χ3n) is 1.21. The number of carbonyl (C=O) groups is 2. The second-order valence-corrected chi connectivity index (χ2v) is 2.25. The number of rotatable bonds is 4. The van der Waals surface area contributed by atoms with Gasteiger partial charge in [-0.25, -0.2) is 4.79 Å². The SMILES string of the molecule is [2H]CC(=O)N[C@@H](CCC)C(=O)O. The lowest BCUT2D eigenvalue weighted by atomic mass is 10.2. The minimum absolute atomic E-state index is 0.404. The van der Waals surface area contributed by atoms with Crippen LogP contribution >= 0.6 is 0 Å². The van der Waals surface area contributed by atoms with Gasteiger partial charge in [0.05, 0.1) is 0 Å². The molecule has 0 bridgehead atoms. The molecule has 64 valence electrons. The molecule has 0 heterocycles. The van der Waals surface area contributed by atoms with Crippen LogP contribution in [-0.4, -0.2) is 23.0 Å². The fraction of sp³-hybridized carbons (Fsp3) is 0.714. The summed E-state index contributed by atoms with van der Waals surface area (Å²) >= 11 is 0. The van der Waals surface area contributed by atoms with Crippen LogP contribution in [0.2, 0.25) is 0 Å². The number of amides is 1. The van der Waals surface area contributed by atoms with Gasteiger partial charge in [-0.3, -0.25) is 4.79 Å². The lowest BCUT2D eigenvalue weighted by Gasteiger charge is -2.10. The molecular weight excluding hydrogens is 146 g/mol. The fourth-order valence-electron chi connectivity index (χ4n) is 0.740. The minimum atomic E-state index is -1.04. The van der Waals surface area contributed by atoms with E-state index in [9.17, 15) is 9.59 Å². The molecule has 0 fully saturated rings. The van der Waals surface area contributed by atoms with Gasteiger partial charge in [0, 0.05) is 8.27 Å². The predicted molar refractivity (Wildman–Crippen MR) is 40.1 cm³/mol. The van der Waals surface area contributed by atoms with Crippen LogP contribution in [0.5, 0.6) is 0 Å². The lowest BCUT2D eigenvalue weighted by molar-refractivity contribution is -0.141. The highest BCUT2D eigenvalue weighted by Crippen LogP contribution is 1.95. The Morgan fingerprint density at radius 2 is 2.36 bits per heavy atom. The average molecular weight is 160 g/mol. The Kier molecular flexibility index (Phi) is 3.44. The average Bonchev–Trinajstić information content (AvgIpc) is 2.03. The van der Waals surface area contributed by atoms with Crippen molar-refractivity contribution in [2.45, 2.75) is 32.7 Å². The van der Waals surface area contributed by atoms with E-state index < -0.39 is 24.8 Å². The zero-order valence-corrected chi connectivity index (χ0v) is 6.46. The smallest absolute Gasteiger partial charge is 0.326 e. The Hall–Kier alpha value is -1.06. The molecule has 2 N–H and O–H groups in total. The van der Waals surface area contributed by atoms with Gasteiger partial charge in [-0.15, -0.1) is 0 Å². The van der Waals surface area contributed by atoms with Gasteiger partial charge in [0.2, 0.25) is 5.91 Å². The molecule has 1 atom stereocenters. The van der Waals surface area contributed by atoms with E-state index in [1.807, 2.05) is 6.92 Å². The van der Waals surface area contributed by atoms with Crippen molar-refractivity contribution in [1.82, 2.24) is 5.32 Å². The van der Waals surface area contributed by atoms with Crippen LogP contribution in [0.3, 0.4) is 0 Å². The molecule has 0 saturated heterocycles. The van der Waals surface area contributed by atoms with Crippen molar-refractivity contribution in [3.8, 4) is 0 Å². The van der Waals surface area contributed by atoms with Gasteiger partial charge >= 0.3 is 5.97 Å². The molecular formula is C7H13NO3. The largest absolute Gasteiger partial charge is 0.480 e. The predicted octanol–water partition coefficient (Wildman–Crippen LogP) is 0.376. The van der Waals surface area contributed by atoms with Crippen molar-refractivity contribution in [3.63, 3.8) is 0 Å². The standard InChI is InChI=1S/C7H13NO3/c1-3-4-6(7(10)11)8-5(2)9/h6H,3-4H2,1-2H3,(H,8,9)(H,10,11)/t6-/m0/s1/i2D. The Balaban J connectivity index is 3.95. The van der Waals surface area contributed by atoms with Crippen molar-refractivity contribution < 1.29 is 16.1 Å². The summed E-state index contributed by atoms with van der Waals surface area (Å²) in [5, 5.41) is 10.8. The number of carboxylic acid groups (broad SMARTS) is 1. The van der Waals surface area contributed by atoms with Crippen molar-refractivity contribution in [1.29, 1.82) is 0 Å². The van der Waals surface area contributed by atoms with Gasteiger partial charge in [0.1, 0.15) is 6.04 Å². The molecule has 0 aliphatic rings. The zero-order valence-electron chi connectivity index (χ0n) is 7.46. The molecule has 0 saturated carbocycles. The molecule has 0 unspecified atom stereocenters. The maximum absolute atomic E-state index is 10.6. The number of aliphatic carboxylic acids is 1. The Labute approximate surface area is 67.0 Å². The van der Waals surface area contributed by atoms with Crippen LogP contribution in [0.25, 0.3) is 0 Å². The van der Waals surface area contributed by atoms with Crippen LogP contribution < -0.4 is 5.32 Å². The monoisotopic (exact) mass is 160 g/mol. The molecule has 0 radical (unpaired) electrons. The highest BCUT2D eigenvalue weighted by Gasteiger charge is 2.15. The van der Waals surface area contributed by atoms with E-state index in [-0.39, 0.29) is 0 Å². The number of hydrogen-bond donors (Lipinski definition) is 2. The molecule has 0 aliphatic carbocycles. The first-order valence-corrected chi connectivity index (χ1v) is 3.43. The summed E-state index contributed by atoms with van der Waals surface area (Å²) in [5.41, 5.74) is 0.